The van der Waals surface area contributed by atoms with Gasteiger partial charge in [0.1, 0.15) is 12.1 Å². The fraction of sp³-hybridized carbons (Fsp3) is 0.636. The predicted molar refractivity (Wildman–Crippen MR) is 66.0 cm³/mol. The first kappa shape index (κ1) is 15.7. The number of hydrogen-bond acceptors (Lipinski definition) is 4. The molecule has 2 unspecified atom stereocenters. The number of aliphatic carboxylic acids is 2. The van der Waals surface area contributed by atoms with Crippen molar-refractivity contribution in [3.63, 3.8) is 0 Å². The number of hydrogen-bond donors (Lipinski definition) is 4. The van der Waals surface area contributed by atoms with Crippen molar-refractivity contribution in [1.29, 1.82) is 0 Å². The van der Waals surface area contributed by atoms with E-state index >= 15 is 0 Å². The molecule has 1 saturated heterocycles. The molecule has 0 spiro atoms. The topological polar surface area (TPSA) is 136 Å². The van der Waals surface area contributed by atoms with Gasteiger partial charge in [-0.05, 0) is 12.8 Å². The first-order chi connectivity index (χ1) is 9.36. The highest BCUT2D eigenvalue weighted by Gasteiger charge is 2.35. The molecule has 1 fully saturated rings. The molecule has 0 bridgehead atoms. The van der Waals surface area contributed by atoms with Gasteiger partial charge < -0.3 is 25.7 Å². The van der Waals surface area contributed by atoms with Crippen LogP contribution in [0.5, 0.6) is 0 Å². The number of amides is 3. The lowest BCUT2D eigenvalue weighted by Gasteiger charge is -2.25. The molecule has 0 saturated carbocycles. The number of nitrogens with zero attached hydrogens (tertiary/aromatic N) is 1. The van der Waals surface area contributed by atoms with E-state index in [1.807, 2.05) is 0 Å². The number of carbonyl (C=O) groups is 4. The molecule has 4 N–H and O–H groups in total. The van der Waals surface area contributed by atoms with Crippen LogP contribution < -0.4 is 10.6 Å². The van der Waals surface area contributed by atoms with Crippen LogP contribution >= 0.6 is 0 Å². The van der Waals surface area contributed by atoms with E-state index in [1.165, 1.54) is 11.9 Å². The van der Waals surface area contributed by atoms with Crippen molar-refractivity contribution in [2.24, 2.45) is 0 Å². The van der Waals surface area contributed by atoms with Crippen molar-refractivity contribution >= 4 is 23.9 Å². The minimum atomic E-state index is -1.52. The standard InChI is InChI=1S/C11H17N3O6/c1-12-9(17)7-3-2-4-14(7)11(20)13-6(10(18)19)5-8(15)16/h6-7H,2-5H2,1H3,(H,12,17)(H,13,20)(H,15,16)(H,18,19). The van der Waals surface area contributed by atoms with Crippen molar-refractivity contribution < 1.29 is 29.4 Å². The third kappa shape index (κ3) is 3.84. The molecule has 112 valence electrons. The number of carbonyl (C=O) groups excluding carboxylic acids is 2. The van der Waals surface area contributed by atoms with Crippen LogP contribution in [0, 0.1) is 0 Å². The van der Waals surface area contributed by atoms with Crippen LogP contribution in [-0.4, -0.2) is 64.7 Å². The fourth-order valence-electron chi connectivity index (χ4n) is 2.06. The van der Waals surface area contributed by atoms with E-state index in [2.05, 4.69) is 10.6 Å². The van der Waals surface area contributed by atoms with Gasteiger partial charge in [-0.2, -0.15) is 0 Å². The van der Waals surface area contributed by atoms with E-state index in [4.69, 9.17) is 10.2 Å². The average molecular weight is 287 g/mol. The van der Waals surface area contributed by atoms with Crippen molar-refractivity contribution in [3.05, 3.63) is 0 Å². The quantitative estimate of drug-likeness (QED) is 0.503. The van der Waals surface area contributed by atoms with Crippen LogP contribution in [0.25, 0.3) is 0 Å². The molecular formula is C11H17N3O6. The number of urea groups is 1. The Morgan fingerprint density at radius 1 is 1.30 bits per heavy atom. The minimum absolute atomic E-state index is 0.323. The van der Waals surface area contributed by atoms with Gasteiger partial charge in [0.2, 0.25) is 5.91 Å². The van der Waals surface area contributed by atoms with E-state index in [-0.39, 0.29) is 5.91 Å². The van der Waals surface area contributed by atoms with Crippen molar-refractivity contribution in [2.75, 3.05) is 13.6 Å². The zero-order valence-electron chi connectivity index (χ0n) is 11.0. The maximum atomic E-state index is 12.0. The largest absolute Gasteiger partial charge is 0.481 e. The van der Waals surface area contributed by atoms with Crippen LogP contribution in [0.15, 0.2) is 0 Å². The number of carboxylic acids is 2. The lowest BCUT2D eigenvalue weighted by molar-refractivity contribution is -0.145. The Bertz CT molecular complexity index is 424. The lowest BCUT2D eigenvalue weighted by atomic mass is 10.2. The molecule has 0 radical (unpaired) electrons. The monoisotopic (exact) mass is 287 g/mol. The molecule has 0 aromatic heterocycles. The fourth-order valence-corrected chi connectivity index (χ4v) is 2.06. The van der Waals surface area contributed by atoms with Gasteiger partial charge >= 0.3 is 18.0 Å². The number of nitrogens with one attached hydrogen (secondary N) is 2. The predicted octanol–water partition coefficient (Wildman–Crippen LogP) is -1.17. The van der Waals surface area contributed by atoms with Gasteiger partial charge in [0.25, 0.3) is 0 Å². The SMILES string of the molecule is CNC(=O)C1CCCN1C(=O)NC(CC(=O)O)C(=O)O. The summed E-state index contributed by atoms with van der Waals surface area (Å²) in [5.74, 6) is -3.10. The molecule has 20 heavy (non-hydrogen) atoms. The van der Waals surface area contributed by atoms with Crippen LogP contribution in [0.3, 0.4) is 0 Å². The smallest absolute Gasteiger partial charge is 0.326 e. The lowest BCUT2D eigenvalue weighted by Crippen LogP contribution is -2.53. The van der Waals surface area contributed by atoms with E-state index in [0.29, 0.717) is 19.4 Å². The van der Waals surface area contributed by atoms with Crippen LogP contribution in [0.4, 0.5) is 4.79 Å². The zero-order chi connectivity index (χ0) is 15.3. The van der Waals surface area contributed by atoms with Gasteiger partial charge in [0, 0.05) is 13.6 Å². The molecule has 9 nitrogen and oxygen atoms in total. The van der Waals surface area contributed by atoms with Crippen molar-refractivity contribution in [2.45, 2.75) is 31.3 Å². The van der Waals surface area contributed by atoms with Crippen LogP contribution in [0.2, 0.25) is 0 Å². The molecule has 0 aromatic carbocycles. The molecule has 0 aliphatic carbocycles. The third-order valence-electron chi connectivity index (χ3n) is 3.04. The highest BCUT2D eigenvalue weighted by molar-refractivity contribution is 5.90. The third-order valence-corrected chi connectivity index (χ3v) is 3.04. The Balaban J connectivity index is 2.70. The maximum Gasteiger partial charge on any atom is 0.326 e. The Kier molecular flexibility index (Phi) is 5.30. The van der Waals surface area contributed by atoms with E-state index < -0.39 is 36.5 Å². The molecule has 1 aliphatic rings. The highest BCUT2D eigenvalue weighted by atomic mass is 16.4. The second-order valence-electron chi connectivity index (χ2n) is 4.40. The van der Waals surface area contributed by atoms with E-state index in [9.17, 15) is 19.2 Å². The summed E-state index contributed by atoms with van der Waals surface area (Å²) < 4.78 is 0. The van der Waals surface area contributed by atoms with Gasteiger partial charge in [-0.15, -0.1) is 0 Å². The van der Waals surface area contributed by atoms with Crippen LogP contribution in [0.1, 0.15) is 19.3 Å². The molecule has 9 heteroatoms. The minimum Gasteiger partial charge on any atom is -0.481 e. The first-order valence-corrected chi connectivity index (χ1v) is 6.10. The molecule has 2 atom stereocenters. The second kappa shape index (κ2) is 6.73. The molecule has 3 amide bonds. The van der Waals surface area contributed by atoms with Gasteiger partial charge in [-0.1, -0.05) is 0 Å². The van der Waals surface area contributed by atoms with Crippen molar-refractivity contribution in [1.82, 2.24) is 15.5 Å². The summed E-state index contributed by atoms with van der Waals surface area (Å²) in [7, 11) is 1.45. The average Bonchev–Trinajstić information content (AvgIpc) is 2.85. The Hall–Kier alpha value is -2.32. The van der Waals surface area contributed by atoms with Crippen molar-refractivity contribution in [3.8, 4) is 0 Å². The Morgan fingerprint density at radius 2 is 1.95 bits per heavy atom. The Morgan fingerprint density at radius 3 is 2.45 bits per heavy atom. The summed E-state index contributed by atoms with van der Waals surface area (Å²) in [6.45, 7) is 0.323. The van der Waals surface area contributed by atoms with Gasteiger partial charge in [-0.3, -0.25) is 9.59 Å². The number of carboxylic acid groups (broad SMARTS) is 2. The number of rotatable bonds is 5. The molecule has 1 aliphatic heterocycles. The summed E-state index contributed by atoms with van der Waals surface area (Å²) in [6.07, 6.45) is 0.394. The van der Waals surface area contributed by atoms with Gasteiger partial charge in [-0.25, -0.2) is 9.59 Å². The summed E-state index contributed by atoms with van der Waals surface area (Å²) >= 11 is 0. The zero-order valence-corrected chi connectivity index (χ0v) is 11.0. The first-order valence-electron chi connectivity index (χ1n) is 6.10. The summed E-state index contributed by atoms with van der Waals surface area (Å²) in [4.78, 5) is 46.2. The molecule has 1 heterocycles. The normalized spacial score (nSPS) is 19.2. The summed E-state index contributed by atoms with van der Waals surface area (Å²) in [5, 5.41) is 22.0. The molecule has 1 rings (SSSR count). The number of likely N-dealkylation sites (N-methyl/N-ethyl adjacent to an activating group) is 1. The summed E-state index contributed by atoms with van der Waals surface area (Å²) in [6, 6.07) is -2.92. The maximum absolute atomic E-state index is 12.0. The number of likely N-dealkylation sites (tertiary alicyclic amines) is 1. The van der Waals surface area contributed by atoms with Gasteiger partial charge in [0.05, 0.1) is 6.42 Å². The highest BCUT2D eigenvalue weighted by Crippen LogP contribution is 2.17. The summed E-state index contributed by atoms with van der Waals surface area (Å²) in [5.41, 5.74) is 0. The van der Waals surface area contributed by atoms with E-state index in [0.717, 1.165) is 0 Å². The van der Waals surface area contributed by atoms with Crippen LogP contribution in [-0.2, 0) is 14.4 Å². The molecule has 0 aromatic rings. The second-order valence-corrected chi connectivity index (χ2v) is 4.40. The van der Waals surface area contributed by atoms with E-state index in [1.54, 1.807) is 0 Å². The van der Waals surface area contributed by atoms with Gasteiger partial charge in [0.15, 0.2) is 0 Å². The molecular weight excluding hydrogens is 270 g/mol. The Labute approximate surface area is 114 Å².